The van der Waals surface area contributed by atoms with Crippen LogP contribution in [0.15, 0.2) is 57.7 Å². The normalized spacial score (nSPS) is 10.6. The van der Waals surface area contributed by atoms with Crippen molar-refractivity contribution < 1.29 is 18.3 Å². The number of benzene rings is 2. The fraction of sp³-hybridized carbons (Fsp3) is 0.111. The van der Waals surface area contributed by atoms with E-state index < -0.39 is 17.3 Å². The number of fused-ring (bicyclic) bond motifs is 1. The highest BCUT2D eigenvalue weighted by Crippen LogP contribution is 2.22. The maximum Gasteiger partial charge on any atom is 0.337 e. The van der Waals surface area contributed by atoms with Gasteiger partial charge in [0.1, 0.15) is 17.1 Å². The minimum absolute atomic E-state index is 0.0172. The van der Waals surface area contributed by atoms with Crippen LogP contribution in [0.3, 0.4) is 0 Å². The number of ether oxygens (including phenoxy) is 1. The first-order valence-corrected chi connectivity index (χ1v) is 7.22. The van der Waals surface area contributed by atoms with Gasteiger partial charge in [0.2, 0.25) is 0 Å². The Hall–Kier alpha value is -3.15. The summed E-state index contributed by atoms with van der Waals surface area (Å²) >= 11 is 0. The van der Waals surface area contributed by atoms with Crippen molar-refractivity contribution in [2.45, 2.75) is 6.54 Å². The first-order chi connectivity index (χ1) is 11.6. The number of amides is 1. The van der Waals surface area contributed by atoms with E-state index in [-0.39, 0.29) is 17.7 Å². The summed E-state index contributed by atoms with van der Waals surface area (Å²) in [5.41, 5.74) is 0.129. The molecular weight excluding hydrogens is 313 g/mol. The Kier molecular flexibility index (Phi) is 4.29. The van der Waals surface area contributed by atoms with Gasteiger partial charge in [-0.15, -0.1) is 0 Å². The summed E-state index contributed by atoms with van der Waals surface area (Å²) in [6.07, 6.45) is 0. The summed E-state index contributed by atoms with van der Waals surface area (Å²) in [7, 11) is 1.49. The highest BCUT2D eigenvalue weighted by molar-refractivity contribution is 6.05. The van der Waals surface area contributed by atoms with Crippen molar-refractivity contribution in [1.29, 1.82) is 0 Å². The molecule has 5 nitrogen and oxygen atoms in total. The van der Waals surface area contributed by atoms with Crippen LogP contribution in [0.4, 0.5) is 4.39 Å². The maximum atomic E-state index is 13.6. The number of hydrogen-bond donors (Lipinski definition) is 1. The summed E-state index contributed by atoms with van der Waals surface area (Å²) in [6.45, 7) is 0.0172. The van der Waals surface area contributed by atoms with E-state index >= 15 is 0 Å². The van der Waals surface area contributed by atoms with E-state index in [0.717, 1.165) is 6.07 Å². The maximum absolute atomic E-state index is 13.6. The van der Waals surface area contributed by atoms with Crippen LogP contribution in [-0.4, -0.2) is 13.0 Å². The second-order valence-corrected chi connectivity index (χ2v) is 5.12. The summed E-state index contributed by atoms with van der Waals surface area (Å²) in [4.78, 5) is 24.1. The van der Waals surface area contributed by atoms with Crippen molar-refractivity contribution in [2.24, 2.45) is 0 Å². The molecule has 0 atom stereocenters. The van der Waals surface area contributed by atoms with Crippen molar-refractivity contribution in [3.8, 4) is 5.75 Å². The third-order valence-electron chi connectivity index (χ3n) is 3.59. The number of rotatable bonds is 4. The van der Waals surface area contributed by atoms with Gasteiger partial charge in [-0.2, -0.15) is 0 Å². The molecule has 0 aliphatic heterocycles. The van der Waals surface area contributed by atoms with Crippen molar-refractivity contribution in [2.75, 3.05) is 7.11 Å². The minimum atomic E-state index is -0.646. The molecule has 0 unspecified atom stereocenters. The van der Waals surface area contributed by atoms with E-state index in [1.54, 1.807) is 30.3 Å². The van der Waals surface area contributed by atoms with Gasteiger partial charge in [0, 0.05) is 29.6 Å². The molecule has 0 radical (unpaired) electrons. The lowest BCUT2D eigenvalue weighted by molar-refractivity contribution is 0.0951. The zero-order valence-electron chi connectivity index (χ0n) is 12.8. The largest absolute Gasteiger partial charge is 0.497 e. The molecular formula is C18H14FNO4. The molecule has 3 aromatic rings. The van der Waals surface area contributed by atoms with E-state index in [0.29, 0.717) is 16.7 Å². The molecule has 1 N–H and O–H groups in total. The highest BCUT2D eigenvalue weighted by Gasteiger charge is 2.14. The van der Waals surface area contributed by atoms with Gasteiger partial charge in [-0.25, -0.2) is 9.18 Å². The zero-order valence-corrected chi connectivity index (χ0v) is 12.8. The van der Waals surface area contributed by atoms with Gasteiger partial charge in [-0.05, 0) is 18.2 Å². The average molecular weight is 327 g/mol. The summed E-state index contributed by atoms with van der Waals surface area (Å²) in [5.74, 6) is -0.379. The molecule has 0 aliphatic rings. The number of carbonyl (C=O) groups excluding carboxylic acids is 1. The number of methoxy groups -OCH3 is 1. The molecule has 3 rings (SSSR count). The van der Waals surface area contributed by atoms with E-state index in [9.17, 15) is 14.0 Å². The van der Waals surface area contributed by atoms with Crippen LogP contribution in [0.5, 0.6) is 5.75 Å². The minimum Gasteiger partial charge on any atom is -0.497 e. The molecule has 1 heterocycles. The highest BCUT2D eigenvalue weighted by atomic mass is 19.1. The van der Waals surface area contributed by atoms with E-state index in [1.807, 2.05) is 0 Å². The monoisotopic (exact) mass is 327 g/mol. The topological polar surface area (TPSA) is 68.5 Å². The van der Waals surface area contributed by atoms with Crippen LogP contribution in [0.2, 0.25) is 0 Å². The lowest BCUT2D eigenvalue weighted by Gasteiger charge is -2.09. The Morgan fingerprint density at radius 3 is 2.75 bits per heavy atom. The van der Waals surface area contributed by atoms with Gasteiger partial charge in [-0.1, -0.05) is 18.2 Å². The number of halogens is 1. The molecule has 0 bridgehead atoms. The number of hydrogen-bond acceptors (Lipinski definition) is 4. The standard InChI is InChI=1S/C18H14FNO4/c1-23-12-6-7-13-14(9-17(21)24-16(13)8-12)18(22)20-10-11-4-2-3-5-15(11)19/h2-9H,10H2,1H3,(H,20,22). The quantitative estimate of drug-likeness (QED) is 0.748. The molecule has 0 spiro atoms. The van der Waals surface area contributed by atoms with Gasteiger partial charge < -0.3 is 14.5 Å². The Labute approximate surface area is 136 Å². The van der Waals surface area contributed by atoms with E-state index in [1.165, 1.54) is 19.2 Å². The van der Waals surface area contributed by atoms with Crippen LogP contribution < -0.4 is 15.7 Å². The molecule has 6 heteroatoms. The Morgan fingerprint density at radius 1 is 1.21 bits per heavy atom. The van der Waals surface area contributed by atoms with Crippen LogP contribution in [0, 0.1) is 5.82 Å². The average Bonchev–Trinajstić information content (AvgIpc) is 2.59. The van der Waals surface area contributed by atoms with Gasteiger partial charge in [-0.3, -0.25) is 4.79 Å². The smallest absolute Gasteiger partial charge is 0.337 e. The third-order valence-corrected chi connectivity index (χ3v) is 3.59. The summed E-state index contributed by atoms with van der Waals surface area (Å²) in [5, 5.41) is 3.09. The Balaban J connectivity index is 1.92. The first kappa shape index (κ1) is 15.7. The Bertz CT molecular complexity index is 965. The fourth-order valence-electron chi connectivity index (χ4n) is 2.37. The molecule has 0 fully saturated rings. The molecule has 122 valence electrons. The fourth-order valence-corrected chi connectivity index (χ4v) is 2.37. The van der Waals surface area contributed by atoms with Crippen LogP contribution in [0.1, 0.15) is 15.9 Å². The van der Waals surface area contributed by atoms with Crippen molar-refractivity contribution in [3.63, 3.8) is 0 Å². The third kappa shape index (κ3) is 3.12. The first-order valence-electron chi connectivity index (χ1n) is 7.22. The van der Waals surface area contributed by atoms with Crippen LogP contribution >= 0.6 is 0 Å². The van der Waals surface area contributed by atoms with Crippen LogP contribution in [0.25, 0.3) is 11.0 Å². The van der Waals surface area contributed by atoms with Crippen molar-refractivity contribution >= 4 is 16.9 Å². The molecule has 0 saturated carbocycles. The van der Waals surface area contributed by atoms with Crippen molar-refractivity contribution in [3.05, 3.63) is 75.9 Å². The van der Waals surface area contributed by atoms with E-state index in [4.69, 9.17) is 9.15 Å². The van der Waals surface area contributed by atoms with Gasteiger partial charge >= 0.3 is 5.63 Å². The molecule has 1 amide bonds. The van der Waals surface area contributed by atoms with Gasteiger partial charge in [0.15, 0.2) is 0 Å². The SMILES string of the molecule is COc1ccc2c(C(=O)NCc3ccccc3F)cc(=O)oc2c1. The Morgan fingerprint density at radius 2 is 2.00 bits per heavy atom. The van der Waals surface area contributed by atoms with E-state index in [2.05, 4.69) is 5.32 Å². The number of carbonyl (C=O) groups is 1. The van der Waals surface area contributed by atoms with Gasteiger partial charge in [0.25, 0.3) is 5.91 Å². The molecule has 1 aromatic heterocycles. The predicted molar refractivity (Wildman–Crippen MR) is 86.6 cm³/mol. The molecule has 24 heavy (non-hydrogen) atoms. The second-order valence-electron chi connectivity index (χ2n) is 5.12. The lowest BCUT2D eigenvalue weighted by Crippen LogP contribution is -2.24. The molecule has 0 saturated heterocycles. The predicted octanol–water partition coefficient (Wildman–Crippen LogP) is 2.87. The van der Waals surface area contributed by atoms with Crippen molar-refractivity contribution in [1.82, 2.24) is 5.32 Å². The molecule has 0 aliphatic carbocycles. The van der Waals surface area contributed by atoms with Gasteiger partial charge in [0.05, 0.1) is 12.7 Å². The molecule has 2 aromatic carbocycles. The lowest BCUT2D eigenvalue weighted by atomic mass is 10.1. The second kappa shape index (κ2) is 6.54. The summed E-state index contributed by atoms with van der Waals surface area (Å²) in [6, 6.07) is 12.1. The number of nitrogens with one attached hydrogen (secondary N) is 1. The zero-order chi connectivity index (χ0) is 17.1. The summed E-state index contributed by atoms with van der Waals surface area (Å²) < 4.78 is 23.8. The van der Waals surface area contributed by atoms with Crippen LogP contribution in [-0.2, 0) is 6.54 Å².